The van der Waals surface area contributed by atoms with Gasteiger partial charge in [0.15, 0.2) is 5.60 Å². The molecule has 5 heteroatoms. The highest BCUT2D eigenvalue weighted by molar-refractivity contribution is 6.09. The number of para-hydroxylation sites is 2. The van der Waals surface area contributed by atoms with Gasteiger partial charge in [0.1, 0.15) is 18.1 Å². The summed E-state index contributed by atoms with van der Waals surface area (Å²) in [6, 6.07) is 15.0. The van der Waals surface area contributed by atoms with E-state index in [2.05, 4.69) is 0 Å². The van der Waals surface area contributed by atoms with Gasteiger partial charge >= 0.3 is 0 Å². The van der Waals surface area contributed by atoms with Gasteiger partial charge in [0.2, 0.25) is 0 Å². The number of fused-ring (bicyclic) bond motifs is 1. The third-order valence-corrected chi connectivity index (χ3v) is 5.90. The number of ether oxygens (including phenoxy) is 1. The van der Waals surface area contributed by atoms with Gasteiger partial charge in [-0.3, -0.25) is 9.59 Å². The molecule has 2 aromatic carbocycles. The van der Waals surface area contributed by atoms with Gasteiger partial charge in [-0.2, -0.15) is 0 Å². The fraction of sp³-hybridized carbons (Fsp3) is 0.391. The second-order valence-corrected chi connectivity index (χ2v) is 7.62. The van der Waals surface area contributed by atoms with Crippen molar-refractivity contribution in [3.63, 3.8) is 0 Å². The number of hydrogen-bond acceptors (Lipinski definition) is 4. The molecule has 0 aromatic heterocycles. The number of amides is 1. The normalized spacial score (nSPS) is 24.4. The largest absolute Gasteiger partial charge is 0.491 e. The molecule has 1 amide bonds. The molecule has 2 aromatic rings. The highest BCUT2D eigenvalue weighted by Gasteiger charge is 2.56. The quantitative estimate of drug-likeness (QED) is 0.865. The molecule has 1 aliphatic heterocycles. The van der Waals surface area contributed by atoms with Crippen LogP contribution in [0.2, 0.25) is 0 Å². The van der Waals surface area contributed by atoms with Crippen LogP contribution in [0.25, 0.3) is 0 Å². The zero-order valence-corrected chi connectivity index (χ0v) is 16.1. The van der Waals surface area contributed by atoms with Crippen molar-refractivity contribution in [2.45, 2.75) is 38.2 Å². The summed E-state index contributed by atoms with van der Waals surface area (Å²) in [5, 5.41) is 11.5. The van der Waals surface area contributed by atoms with E-state index < -0.39 is 17.4 Å². The predicted molar refractivity (Wildman–Crippen MR) is 106 cm³/mol. The lowest BCUT2D eigenvalue weighted by atomic mass is 9.73. The van der Waals surface area contributed by atoms with Crippen LogP contribution in [0.3, 0.4) is 0 Å². The van der Waals surface area contributed by atoms with Crippen LogP contribution in [0.5, 0.6) is 5.75 Å². The van der Waals surface area contributed by atoms with Gasteiger partial charge in [0, 0.05) is 12.0 Å². The molecule has 0 saturated heterocycles. The molecule has 0 spiro atoms. The smallest absolute Gasteiger partial charge is 0.264 e. The van der Waals surface area contributed by atoms with Gasteiger partial charge in [0.05, 0.1) is 18.2 Å². The molecule has 1 fully saturated rings. The Morgan fingerprint density at radius 1 is 1.11 bits per heavy atom. The molecular formula is C23H25NO4. The lowest BCUT2D eigenvalue weighted by Gasteiger charge is -2.33. The molecule has 2 unspecified atom stereocenters. The summed E-state index contributed by atoms with van der Waals surface area (Å²) in [5.41, 5.74) is 0.467. The van der Waals surface area contributed by atoms with Gasteiger partial charge in [-0.15, -0.1) is 0 Å². The Hall–Kier alpha value is -2.66. The van der Waals surface area contributed by atoms with E-state index >= 15 is 0 Å². The van der Waals surface area contributed by atoms with Crippen LogP contribution >= 0.6 is 0 Å². The number of rotatable bonds is 5. The number of carbonyl (C=O) groups excluding carboxylic acids is 2. The molecule has 2 aliphatic rings. The van der Waals surface area contributed by atoms with Crippen LogP contribution in [0.15, 0.2) is 48.5 Å². The highest BCUT2D eigenvalue weighted by Crippen LogP contribution is 2.47. The predicted octanol–water partition coefficient (Wildman–Crippen LogP) is 3.37. The van der Waals surface area contributed by atoms with Gasteiger partial charge < -0.3 is 14.7 Å². The molecule has 1 saturated carbocycles. The van der Waals surface area contributed by atoms with Gasteiger partial charge in [-0.1, -0.05) is 42.8 Å². The van der Waals surface area contributed by atoms with Gasteiger partial charge in [-0.25, -0.2) is 0 Å². The minimum absolute atomic E-state index is 0.0186. The van der Waals surface area contributed by atoms with E-state index in [1.807, 2.05) is 43.3 Å². The first-order valence-electron chi connectivity index (χ1n) is 9.88. The number of aryl methyl sites for hydroxylation is 1. The van der Waals surface area contributed by atoms with Crippen LogP contribution in [0.4, 0.5) is 5.69 Å². The summed E-state index contributed by atoms with van der Waals surface area (Å²) in [6.45, 7) is 2.59. The molecule has 28 heavy (non-hydrogen) atoms. The van der Waals surface area contributed by atoms with E-state index in [9.17, 15) is 14.7 Å². The highest BCUT2D eigenvalue weighted by atomic mass is 16.5. The maximum absolute atomic E-state index is 13.3. The van der Waals surface area contributed by atoms with Crippen molar-refractivity contribution < 1.29 is 19.4 Å². The van der Waals surface area contributed by atoms with Crippen LogP contribution < -0.4 is 9.64 Å². The third kappa shape index (κ3) is 3.00. The zero-order chi connectivity index (χ0) is 19.7. The Morgan fingerprint density at radius 2 is 1.86 bits per heavy atom. The minimum atomic E-state index is -1.77. The molecule has 146 valence electrons. The summed E-state index contributed by atoms with van der Waals surface area (Å²) >= 11 is 0. The van der Waals surface area contributed by atoms with Crippen molar-refractivity contribution in [3.8, 4) is 5.75 Å². The van der Waals surface area contributed by atoms with E-state index in [0.29, 0.717) is 37.2 Å². The van der Waals surface area contributed by atoms with Crippen molar-refractivity contribution in [2.24, 2.45) is 5.92 Å². The lowest BCUT2D eigenvalue weighted by molar-refractivity contribution is -0.152. The third-order valence-electron chi connectivity index (χ3n) is 5.90. The molecule has 1 N–H and O–H groups in total. The average molecular weight is 379 g/mol. The second-order valence-electron chi connectivity index (χ2n) is 7.62. The molecule has 0 radical (unpaired) electrons. The molecule has 1 heterocycles. The second kappa shape index (κ2) is 7.40. The molecular weight excluding hydrogens is 354 g/mol. The average Bonchev–Trinajstić information content (AvgIpc) is 2.92. The molecule has 0 bridgehead atoms. The number of aliphatic hydroxyl groups is 1. The van der Waals surface area contributed by atoms with Crippen LogP contribution in [0, 0.1) is 12.8 Å². The van der Waals surface area contributed by atoms with Crippen molar-refractivity contribution in [3.05, 3.63) is 59.7 Å². The number of ketones is 1. The molecule has 4 rings (SSSR count). The maximum Gasteiger partial charge on any atom is 0.264 e. The van der Waals surface area contributed by atoms with Crippen molar-refractivity contribution in [1.29, 1.82) is 0 Å². The number of carbonyl (C=O) groups is 2. The van der Waals surface area contributed by atoms with Crippen molar-refractivity contribution >= 4 is 17.4 Å². The number of benzene rings is 2. The number of Topliss-reactive ketones (excluding diaryl/α,β-unsaturated/α-hetero) is 1. The van der Waals surface area contributed by atoms with Crippen LogP contribution in [-0.2, 0) is 15.2 Å². The first kappa shape index (κ1) is 18.7. The van der Waals surface area contributed by atoms with E-state index in [1.54, 1.807) is 17.0 Å². The number of hydrogen-bond donors (Lipinski definition) is 1. The Labute approximate surface area is 164 Å². The Bertz CT molecular complexity index is 909. The topological polar surface area (TPSA) is 66.8 Å². The minimum Gasteiger partial charge on any atom is -0.491 e. The number of anilines is 1. The van der Waals surface area contributed by atoms with Gasteiger partial charge in [0.25, 0.3) is 5.91 Å². The maximum atomic E-state index is 13.3. The van der Waals surface area contributed by atoms with Crippen molar-refractivity contribution in [2.75, 3.05) is 18.1 Å². The summed E-state index contributed by atoms with van der Waals surface area (Å²) in [7, 11) is 0. The van der Waals surface area contributed by atoms with Gasteiger partial charge in [-0.05, 0) is 37.5 Å². The molecule has 2 atom stereocenters. The van der Waals surface area contributed by atoms with E-state index in [-0.39, 0.29) is 5.78 Å². The molecule has 5 nitrogen and oxygen atoms in total. The number of nitrogens with zero attached hydrogens (tertiary/aromatic N) is 1. The van der Waals surface area contributed by atoms with Crippen LogP contribution in [-0.4, -0.2) is 29.9 Å². The van der Waals surface area contributed by atoms with E-state index in [4.69, 9.17) is 4.74 Å². The standard InChI is InChI=1S/C23H25NO4/c1-16-8-2-7-13-21(16)28-15-14-24-19-11-5-3-9-17(19)23(27,22(24)26)18-10-4-6-12-20(18)25/h2-3,5,7-9,11,13,18,27H,4,6,10,12,14-15H2,1H3. The van der Waals surface area contributed by atoms with E-state index in [0.717, 1.165) is 24.2 Å². The molecule has 1 aliphatic carbocycles. The van der Waals surface area contributed by atoms with Crippen molar-refractivity contribution in [1.82, 2.24) is 0 Å². The van der Waals surface area contributed by atoms with E-state index in [1.165, 1.54) is 0 Å². The summed E-state index contributed by atoms with van der Waals surface area (Å²) in [6.07, 6.45) is 2.65. The summed E-state index contributed by atoms with van der Waals surface area (Å²) in [5.74, 6) is -0.324. The first-order valence-corrected chi connectivity index (χ1v) is 9.88. The van der Waals surface area contributed by atoms with Crippen LogP contribution in [0.1, 0.15) is 36.8 Å². The first-order chi connectivity index (χ1) is 13.5. The fourth-order valence-corrected chi connectivity index (χ4v) is 4.41. The Kier molecular flexibility index (Phi) is 4.94. The summed E-state index contributed by atoms with van der Waals surface area (Å²) in [4.78, 5) is 27.4. The zero-order valence-electron chi connectivity index (χ0n) is 16.1. The lowest BCUT2D eigenvalue weighted by Crippen LogP contribution is -2.49. The Morgan fingerprint density at radius 3 is 2.64 bits per heavy atom. The fourth-order valence-electron chi connectivity index (χ4n) is 4.41. The summed E-state index contributed by atoms with van der Waals surface area (Å²) < 4.78 is 5.85. The monoisotopic (exact) mass is 379 g/mol. The SMILES string of the molecule is Cc1ccccc1OCCN1C(=O)C(O)(C2CCCCC2=O)c2ccccc21. The Balaban J connectivity index is 1.58.